The van der Waals surface area contributed by atoms with Gasteiger partial charge in [0.25, 0.3) is 0 Å². The second kappa shape index (κ2) is 8.63. The van der Waals surface area contributed by atoms with Crippen LogP contribution in [-0.4, -0.2) is 68.7 Å². The largest absolute Gasteiger partial charge is 0.383 e. The Balaban J connectivity index is 2.17. The Hall–Kier alpha value is -0.430. The van der Waals surface area contributed by atoms with Crippen LogP contribution in [0.25, 0.3) is 0 Å². The number of thiocarbonyl (C=S) groups is 1. The summed E-state index contributed by atoms with van der Waals surface area (Å²) in [6.45, 7) is 9.51. The summed E-state index contributed by atoms with van der Waals surface area (Å²) in [4.78, 5) is 2.39. The molecule has 1 fully saturated rings. The predicted octanol–water partition coefficient (Wildman–Crippen LogP) is 0.206. The molecule has 0 saturated carbocycles. The van der Waals surface area contributed by atoms with E-state index in [9.17, 15) is 0 Å². The molecule has 0 aliphatic carbocycles. The molecule has 2 N–H and O–H groups in total. The van der Waals surface area contributed by atoms with Gasteiger partial charge in [-0.15, -0.1) is 0 Å². The first-order valence-electron chi connectivity index (χ1n) is 6.48. The predicted molar refractivity (Wildman–Crippen MR) is 76.9 cm³/mol. The molecule has 5 nitrogen and oxygen atoms in total. The molecule has 1 heterocycles. The lowest BCUT2D eigenvalue weighted by Crippen LogP contribution is -2.50. The fourth-order valence-electron chi connectivity index (χ4n) is 2.00. The number of hydrogen-bond donors (Lipinski definition) is 2. The highest BCUT2D eigenvalue weighted by atomic mass is 32.1. The number of ether oxygens (including phenoxy) is 2. The minimum absolute atomic E-state index is 0.227. The second-order valence-corrected chi connectivity index (χ2v) is 5.20. The van der Waals surface area contributed by atoms with Crippen LogP contribution in [0.5, 0.6) is 0 Å². The molecule has 6 heteroatoms. The van der Waals surface area contributed by atoms with Gasteiger partial charge in [0, 0.05) is 38.8 Å². The third-order valence-corrected chi connectivity index (χ3v) is 3.04. The summed E-state index contributed by atoms with van der Waals surface area (Å²) in [6.07, 6.45) is 0. The summed E-state index contributed by atoms with van der Waals surface area (Å²) < 4.78 is 10.4. The van der Waals surface area contributed by atoms with Gasteiger partial charge in [0.2, 0.25) is 0 Å². The first-order valence-corrected chi connectivity index (χ1v) is 6.88. The van der Waals surface area contributed by atoms with Crippen molar-refractivity contribution in [1.82, 2.24) is 15.5 Å². The summed E-state index contributed by atoms with van der Waals surface area (Å²) >= 11 is 5.27. The molecule has 1 rings (SSSR count). The van der Waals surface area contributed by atoms with Gasteiger partial charge in [0.15, 0.2) is 5.11 Å². The van der Waals surface area contributed by atoms with Gasteiger partial charge in [0.05, 0.1) is 19.8 Å². The van der Waals surface area contributed by atoms with Crippen LogP contribution in [-0.2, 0) is 9.47 Å². The van der Waals surface area contributed by atoms with Crippen molar-refractivity contribution >= 4 is 17.3 Å². The van der Waals surface area contributed by atoms with Crippen LogP contribution in [0.2, 0.25) is 0 Å². The molecular formula is C12H25N3O2S. The normalized spacial score (nSPS) is 20.2. The third kappa shape index (κ3) is 6.49. The molecule has 1 aliphatic rings. The van der Waals surface area contributed by atoms with Crippen LogP contribution >= 0.6 is 12.2 Å². The Morgan fingerprint density at radius 2 is 1.89 bits per heavy atom. The Labute approximate surface area is 115 Å². The van der Waals surface area contributed by atoms with Crippen molar-refractivity contribution in [1.29, 1.82) is 0 Å². The molecule has 1 aliphatic heterocycles. The Kier molecular flexibility index (Phi) is 7.50. The van der Waals surface area contributed by atoms with Gasteiger partial charge >= 0.3 is 0 Å². The number of nitrogens with zero attached hydrogens (tertiary/aromatic N) is 1. The van der Waals surface area contributed by atoms with Gasteiger partial charge in [-0.25, -0.2) is 0 Å². The van der Waals surface area contributed by atoms with Gasteiger partial charge < -0.3 is 20.1 Å². The zero-order valence-electron chi connectivity index (χ0n) is 11.6. The molecule has 18 heavy (non-hydrogen) atoms. The molecule has 0 radical (unpaired) electrons. The van der Waals surface area contributed by atoms with Gasteiger partial charge in [-0.2, -0.15) is 0 Å². The number of hydrogen-bond acceptors (Lipinski definition) is 4. The lowest BCUT2D eigenvalue weighted by atomic mass is 10.3. The van der Waals surface area contributed by atoms with Crippen LogP contribution in [0.4, 0.5) is 0 Å². The average molecular weight is 275 g/mol. The van der Waals surface area contributed by atoms with Crippen LogP contribution in [0, 0.1) is 0 Å². The molecule has 0 aromatic carbocycles. The summed E-state index contributed by atoms with van der Waals surface area (Å²) in [5, 5.41) is 7.19. The van der Waals surface area contributed by atoms with Crippen molar-refractivity contribution in [2.75, 3.05) is 46.6 Å². The fraction of sp³-hybridized carbons (Fsp3) is 0.917. The quantitative estimate of drug-likeness (QED) is 0.676. The van der Waals surface area contributed by atoms with E-state index >= 15 is 0 Å². The SMILES string of the molecule is COCC(C)NC(=S)NC(C)CN1CCOCC1. The molecule has 2 atom stereocenters. The molecule has 0 spiro atoms. The van der Waals surface area contributed by atoms with Crippen molar-refractivity contribution in [3.05, 3.63) is 0 Å². The molecule has 0 bridgehead atoms. The maximum atomic E-state index is 5.33. The summed E-state index contributed by atoms with van der Waals surface area (Å²) in [5.41, 5.74) is 0. The van der Waals surface area contributed by atoms with Gasteiger partial charge in [-0.1, -0.05) is 0 Å². The van der Waals surface area contributed by atoms with Crippen molar-refractivity contribution in [3.63, 3.8) is 0 Å². The first kappa shape index (κ1) is 15.6. The smallest absolute Gasteiger partial charge is 0.166 e. The summed E-state index contributed by atoms with van der Waals surface area (Å²) in [7, 11) is 1.69. The topological polar surface area (TPSA) is 45.8 Å². The summed E-state index contributed by atoms with van der Waals surface area (Å²) in [6, 6.07) is 0.559. The number of rotatable bonds is 6. The minimum atomic E-state index is 0.227. The van der Waals surface area contributed by atoms with E-state index < -0.39 is 0 Å². The molecule has 0 aromatic rings. The first-order chi connectivity index (χ1) is 8.61. The van der Waals surface area contributed by atoms with Crippen LogP contribution in [0.3, 0.4) is 0 Å². The molecule has 106 valence electrons. The highest BCUT2D eigenvalue weighted by Crippen LogP contribution is 1.98. The molecule has 2 unspecified atom stereocenters. The van der Waals surface area contributed by atoms with E-state index in [0.717, 1.165) is 32.8 Å². The monoisotopic (exact) mass is 275 g/mol. The zero-order chi connectivity index (χ0) is 13.4. The van der Waals surface area contributed by atoms with E-state index in [4.69, 9.17) is 21.7 Å². The van der Waals surface area contributed by atoms with E-state index in [2.05, 4.69) is 22.5 Å². The fourth-order valence-corrected chi connectivity index (χ4v) is 2.40. The van der Waals surface area contributed by atoms with Crippen molar-refractivity contribution in [2.24, 2.45) is 0 Å². The van der Waals surface area contributed by atoms with Gasteiger partial charge in [-0.05, 0) is 26.1 Å². The minimum Gasteiger partial charge on any atom is -0.383 e. The lowest BCUT2D eigenvalue weighted by Gasteiger charge is -2.30. The molecule has 0 amide bonds. The maximum Gasteiger partial charge on any atom is 0.166 e. The van der Waals surface area contributed by atoms with Crippen LogP contribution < -0.4 is 10.6 Å². The Bertz CT molecular complexity index is 247. The van der Waals surface area contributed by atoms with E-state index in [-0.39, 0.29) is 6.04 Å². The van der Waals surface area contributed by atoms with Crippen LogP contribution in [0.1, 0.15) is 13.8 Å². The average Bonchev–Trinajstić information content (AvgIpc) is 2.29. The molecule has 1 saturated heterocycles. The highest BCUT2D eigenvalue weighted by Gasteiger charge is 2.14. The van der Waals surface area contributed by atoms with Crippen LogP contribution in [0.15, 0.2) is 0 Å². The summed E-state index contributed by atoms with van der Waals surface area (Å²) in [5.74, 6) is 0. The maximum absolute atomic E-state index is 5.33. The standard InChI is InChI=1S/C12H25N3O2S/c1-10(8-15-4-6-17-7-5-15)13-12(18)14-11(2)9-16-3/h10-11H,4-9H2,1-3H3,(H2,13,14,18). The van der Waals surface area contributed by atoms with E-state index in [1.165, 1.54) is 0 Å². The van der Waals surface area contributed by atoms with Crippen molar-refractivity contribution in [3.8, 4) is 0 Å². The second-order valence-electron chi connectivity index (χ2n) is 4.79. The molecule has 0 aromatic heterocycles. The van der Waals surface area contributed by atoms with Gasteiger partial charge in [-0.3, -0.25) is 4.90 Å². The number of morpholine rings is 1. The van der Waals surface area contributed by atoms with E-state index in [0.29, 0.717) is 17.8 Å². The highest BCUT2D eigenvalue weighted by molar-refractivity contribution is 7.80. The van der Waals surface area contributed by atoms with Crippen molar-refractivity contribution in [2.45, 2.75) is 25.9 Å². The Morgan fingerprint density at radius 3 is 2.50 bits per heavy atom. The number of methoxy groups -OCH3 is 1. The third-order valence-electron chi connectivity index (χ3n) is 2.81. The van der Waals surface area contributed by atoms with Crippen molar-refractivity contribution < 1.29 is 9.47 Å². The van der Waals surface area contributed by atoms with E-state index in [1.54, 1.807) is 7.11 Å². The van der Waals surface area contributed by atoms with Gasteiger partial charge in [0.1, 0.15) is 0 Å². The lowest BCUT2D eigenvalue weighted by molar-refractivity contribution is 0.0352. The zero-order valence-corrected chi connectivity index (χ0v) is 12.4. The molecular weight excluding hydrogens is 250 g/mol. The Morgan fingerprint density at radius 1 is 1.28 bits per heavy atom. The number of nitrogens with one attached hydrogen (secondary N) is 2. The van der Waals surface area contributed by atoms with E-state index in [1.807, 2.05) is 6.92 Å².